The Hall–Kier alpha value is -1.16. The van der Waals surface area contributed by atoms with Crippen molar-refractivity contribution in [2.45, 2.75) is 12.8 Å². The van der Waals surface area contributed by atoms with E-state index in [0.29, 0.717) is 18.8 Å². The van der Waals surface area contributed by atoms with Crippen molar-refractivity contribution in [3.05, 3.63) is 35.4 Å². The molecule has 16 heavy (non-hydrogen) atoms. The van der Waals surface area contributed by atoms with Gasteiger partial charge < -0.3 is 5.32 Å². The Balaban J connectivity index is 2.55. The summed E-state index contributed by atoms with van der Waals surface area (Å²) < 4.78 is 25.9. The molecule has 0 spiro atoms. The van der Waals surface area contributed by atoms with E-state index in [-0.39, 0.29) is 5.56 Å². The summed E-state index contributed by atoms with van der Waals surface area (Å²) >= 11 is 5.46. The third kappa shape index (κ3) is 3.77. The summed E-state index contributed by atoms with van der Waals surface area (Å²) in [6.07, 6.45) is 1.49. The highest BCUT2D eigenvalue weighted by Crippen LogP contribution is 2.09. The van der Waals surface area contributed by atoms with E-state index in [4.69, 9.17) is 11.6 Å². The van der Waals surface area contributed by atoms with Crippen LogP contribution in [0.15, 0.2) is 18.2 Å². The van der Waals surface area contributed by atoms with Crippen LogP contribution in [0.4, 0.5) is 8.78 Å². The number of rotatable bonds is 5. The number of alkyl halides is 1. The third-order valence-electron chi connectivity index (χ3n) is 2.02. The first kappa shape index (κ1) is 12.9. The molecule has 0 saturated heterocycles. The van der Waals surface area contributed by atoms with Gasteiger partial charge in [0, 0.05) is 12.4 Å². The third-order valence-corrected chi connectivity index (χ3v) is 2.29. The quantitative estimate of drug-likeness (QED) is 0.629. The molecule has 0 aliphatic carbocycles. The van der Waals surface area contributed by atoms with E-state index in [2.05, 4.69) is 5.32 Å². The van der Waals surface area contributed by atoms with Crippen LogP contribution in [0.3, 0.4) is 0 Å². The molecule has 2 nitrogen and oxygen atoms in total. The molecule has 0 aromatic heterocycles. The SMILES string of the molecule is O=C(NCCCCCl)c1cc(F)ccc1F. The zero-order valence-electron chi connectivity index (χ0n) is 8.60. The number of unbranched alkanes of at least 4 members (excludes halogenated alkanes) is 1. The average Bonchev–Trinajstić information content (AvgIpc) is 2.27. The number of amides is 1. The molecule has 1 N–H and O–H groups in total. The Morgan fingerprint density at radius 1 is 1.31 bits per heavy atom. The van der Waals surface area contributed by atoms with Crippen molar-refractivity contribution in [3.8, 4) is 0 Å². The van der Waals surface area contributed by atoms with Crippen LogP contribution >= 0.6 is 11.6 Å². The van der Waals surface area contributed by atoms with E-state index in [9.17, 15) is 13.6 Å². The van der Waals surface area contributed by atoms with Gasteiger partial charge >= 0.3 is 0 Å². The first-order valence-corrected chi connectivity index (χ1v) is 5.48. The maximum Gasteiger partial charge on any atom is 0.254 e. The molecular formula is C11H12ClF2NO. The highest BCUT2D eigenvalue weighted by atomic mass is 35.5. The number of benzene rings is 1. The van der Waals surface area contributed by atoms with Crippen LogP contribution in [0, 0.1) is 11.6 Å². The van der Waals surface area contributed by atoms with Gasteiger partial charge in [0.05, 0.1) is 5.56 Å². The second-order valence-corrected chi connectivity index (χ2v) is 3.65. The molecule has 0 heterocycles. The van der Waals surface area contributed by atoms with E-state index in [1.807, 2.05) is 0 Å². The second kappa shape index (κ2) is 6.43. The van der Waals surface area contributed by atoms with Crippen molar-refractivity contribution >= 4 is 17.5 Å². The highest BCUT2D eigenvalue weighted by molar-refractivity contribution is 6.17. The molecule has 0 radical (unpaired) electrons. The molecule has 0 bridgehead atoms. The second-order valence-electron chi connectivity index (χ2n) is 3.28. The number of hydrogen-bond donors (Lipinski definition) is 1. The Labute approximate surface area is 97.6 Å². The van der Waals surface area contributed by atoms with E-state index in [1.165, 1.54) is 0 Å². The zero-order chi connectivity index (χ0) is 12.0. The summed E-state index contributed by atoms with van der Waals surface area (Å²) in [6, 6.07) is 2.79. The van der Waals surface area contributed by atoms with Crippen molar-refractivity contribution in [1.82, 2.24) is 5.32 Å². The smallest absolute Gasteiger partial charge is 0.254 e. The average molecular weight is 248 g/mol. The summed E-state index contributed by atoms with van der Waals surface area (Å²) in [5, 5.41) is 2.50. The molecular weight excluding hydrogens is 236 g/mol. The fraction of sp³-hybridized carbons (Fsp3) is 0.364. The number of hydrogen-bond acceptors (Lipinski definition) is 1. The minimum atomic E-state index is -0.726. The standard InChI is InChI=1S/C11H12ClF2NO/c12-5-1-2-6-15-11(16)9-7-8(13)3-4-10(9)14/h3-4,7H,1-2,5-6H2,(H,15,16). The van der Waals surface area contributed by atoms with Gasteiger partial charge in [0.25, 0.3) is 5.91 Å². The highest BCUT2D eigenvalue weighted by Gasteiger charge is 2.11. The predicted molar refractivity (Wildman–Crippen MR) is 58.6 cm³/mol. The van der Waals surface area contributed by atoms with Gasteiger partial charge in [-0.3, -0.25) is 4.79 Å². The van der Waals surface area contributed by atoms with Crippen molar-refractivity contribution in [1.29, 1.82) is 0 Å². The summed E-state index contributed by atoms with van der Waals surface area (Å²) in [6.45, 7) is 0.404. The van der Waals surface area contributed by atoms with E-state index in [0.717, 1.165) is 24.6 Å². The maximum absolute atomic E-state index is 13.1. The normalized spacial score (nSPS) is 10.2. The van der Waals surface area contributed by atoms with E-state index >= 15 is 0 Å². The lowest BCUT2D eigenvalue weighted by molar-refractivity contribution is 0.0948. The van der Waals surface area contributed by atoms with E-state index in [1.54, 1.807) is 0 Å². The molecule has 0 aliphatic heterocycles. The largest absolute Gasteiger partial charge is 0.352 e. The van der Waals surface area contributed by atoms with Gasteiger partial charge in [0.2, 0.25) is 0 Å². The number of carbonyl (C=O) groups is 1. The summed E-state index contributed by atoms with van der Waals surface area (Å²) in [7, 11) is 0. The van der Waals surface area contributed by atoms with E-state index < -0.39 is 17.5 Å². The lowest BCUT2D eigenvalue weighted by Crippen LogP contribution is -2.25. The minimum absolute atomic E-state index is 0.272. The van der Waals surface area contributed by atoms with Gasteiger partial charge in [-0.25, -0.2) is 8.78 Å². The van der Waals surface area contributed by atoms with Crippen molar-refractivity contribution in [2.24, 2.45) is 0 Å². The number of carbonyl (C=O) groups excluding carboxylic acids is 1. The molecule has 0 unspecified atom stereocenters. The molecule has 5 heteroatoms. The Morgan fingerprint density at radius 2 is 2.06 bits per heavy atom. The van der Waals surface area contributed by atoms with Crippen LogP contribution in [0.1, 0.15) is 23.2 Å². The van der Waals surface area contributed by atoms with Gasteiger partial charge in [0.15, 0.2) is 0 Å². The van der Waals surface area contributed by atoms with Crippen LogP contribution in [0.25, 0.3) is 0 Å². The molecule has 1 amide bonds. The first-order chi connectivity index (χ1) is 7.65. The number of halogens is 3. The van der Waals surface area contributed by atoms with Crippen LogP contribution < -0.4 is 5.32 Å². The van der Waals surface area contributed by atoms with Crippen LogP contribution in [-0.4, -0.2) is 18.3 Å². The summed E-state index contributed by atoms with van der Waals surface area (Å²) in [5.41, 5.74) is -0.272. The first-order valence-electron chi connectivity index (χ1n) is 4.94. The molecule has 88 valence electrons. The van der Waals surface area contributed by atoms with Gasteiger partial charge in [-0.2, -0.15) is 0 Å². The van der Waals surface area contributed by atoms with Crippen molar-refractivity contribution in [3.63, 3.8) is 0 Å². The molecule has 1 rings (SSSR count). The summed E-state index contributed by atoms with van der Waals surface area (Å²) in [4.78, 5) is 11.4. The van der Waals surface area contributed by atoms with Gasteiger partial charge in [-0.05, 0) is 31.0 Å². The van der Waals surface area contributed by atoms with Gasteiger partial charge in [0.1, 0.15) is 11.6 Å². The molecule has 0 fully saturated rings. The Bertz CT molecular complexity index is 371. The fourth-order valence-corrected chi connectivity index (χ4v) is 1.38. The molecule has 0 saturated carbocycles. The predicted octanol–water partition coefficient (Wildman–Crippen LogP) is 2.71. The maximum atomic E-state index is 13.1. The van der Waals surface area contributed by atoms with Crippen LogP contribution in [0.5, 0.6) is 0 Å². The molecule has 1 aromatic rings. The topological polar surface area (TPSA) is 29.1 Å². The van der Waals surface area contributed by atoms with Gasteiger partial charge in [-0.15, -0.1) is 11.6 Å². The Morgan fingerprint density at radius 3 is 2.75 bits per heavy atom. The molecule has 1 aromatic carbocycles. The van der Waals surface area contributed by atoms with Gasteiger partial charge in [-0.1, -0.05) is 0 Å². The van der Waals surface area contributed by atoms with Crippen LogP contribution in [0.2, 0.25) is 0 Å². The van der Waals surface area contributed by atoms with Crippen molar-refractivity contribution < 1.29 is 13.6 Å². The lowest BCUT2D eigenvalue weighted by Gasteiger charge is -2.05. The van der Waals surface area contributed by atoms with Crippen molar-refractivity contribution in [2.75, 3.05) is 12.4 Å². The Kier molecular flexibility index (Phi) is 5.19. The lowest BCUT2D eigenvalue weighted by atomic mass is 10.2. The minimum Gasteiger partial charge on any atom is -0.352 e. The fourth-order valence-electron chi connectivity index (χ4n) is 1.19. The molecule has 0 atom stereocenters. The monoisotopic (exact) mass is 247 g/mol. The summed E-state index contributed by atoms with van der Waals surface area (Å²) in [5.74, 6) is -1.44. The zero-order valence-corrected chi connectivity index (χ0v) is 9.36. The molecule has 0 aliphatic rings. The van der Waals surface area contributed by atoms with Crippen LogP contribution in [-0.2, 0) is 0 Å². The number of nitrogens with one attached hydrogen (secondary N) is 1.